The molecule has 132 valence electrons. The number of unbranched alkanes of at least 4 members (excludes halogenated alkanes) is 1. The van der Waals surface area contributed by atoms with Gasteiger partial charge in [-0.1, -0.05) is 64.5 Å². The zero-order chi connectivity index (χ0) is 16.9. The molecule has 1 aliphatic heterocycles. The second-order valence-electron chi connectivity index (χ2n) is 6.62. The fourth-order valence-corrected chi connectivity index (χ4v) is 4.58. The van der Waals surface area contributed by atoms with Gasteiger partial charge in [0, 0.05) is 11.6 Å². The molecule has 2 atom stereocenters. The molecule has 1 fully saturated rings. The second kappa shape index (κ2) is 8.70. The number of aliphatic imine (C=N–C) groups is 1. The fraction of sp³-hybridized carbons (Fsp3) is 0.632. The molecule has 1 saturated carbocycles. The van der Waals surface area contributed by atoms with E-state index in [1.165, 1.54) is 37.7 Å². The number of alkyl halides is 2. The molecule has 1 heterocycles. The molecular weight excluding hydrogens is 432 g/mol. The van der Waals surface area contributed by atoms with Crippen molar-refractivity contribution in [3.05, 3.63) is 29.8 Å². The van der Waals surface area contributed by atoms with Crippen LogP contribution in [0.25, 0.3) is 0 Å². The van der Waals surface area contributed by atoms with Crippen LogP contribution in [-0.2, 0) is 0 Å². The maximum atomic E-state index is 5.78. The molecule has 0 spiro atoms. The first-order valence-electron chi connectivity index (χ1n) is 9.08. The van der Waals surface area contributed by atoms with Crippen molar-refractivity contribution in [1.82, 2.24) is 4.90 Å². The van der Waals surface area contributed by atoms with E-state index in [1.807, 2.05) is 0 Å². The topological polar surface area (TPSA) is 24.8 Å². The lowest BCUT2D eigenvalue weighted by molar-refractivity contribution is 0.247. The van der Waals surface area contributed by atoms with Crippen LogP contribution >= 0.6 is 31.9 Å². The summed E-state index contributed by atoms with van der Waals surface area (Å²) < 4.78 is 5.78. The van der Waals surface area contributed by atoms with E-state index < -0.39 is 0 Å². The quantitative estimate of drug-likeness (QED) is 0.310. The molecule has 0 aromatic heterocycles. The Balaban J connectivity index is 1.74. The van der Waals surface area contributed by atoms with Crippen LogP contribution in [0.4, 0.5) is 0 Å². The summed E-state index contributed by atoms with van der Waals surface area (Å²) in [4.78, 5) is 7.69. The highest BCUT2D eigenvalue weighted by molar-refractivity contribution is 9.12. The van der Waals surface area contributed by atoms with Gasteiger partial charge >= 0.3 is 0 Å². The smallest absolute Gasteiger partial charge is 0.137 e. The van der Waals surface area contributed by atoms with Crippen molar-refractivity contribution in [2.75, 3.05) is 6.61 Å². The lowest BCUT2D eigenvalue weighted by Gasteiger charge is -2.36. The van der Waals surface area contributed by atoms with E-state index in [1.54, 1.807) is 0 Å². The SMILES string of the molecule is CCCCOc1ccc(C2=NC(Br)C(Br)N2C2CCCCC2)cc1. The zero-order valence-corrected chi connectivity index (χ0v) is 17.4. The molecule has 0 radical (unpaired) electrons. The lowest BCUT2D eigenvalue weighted by Crippen LogP contribution is -2.44. The van der Waals surface area contributed by atoms with Gasteiger partial charge in [-0.05, 0) is 43.5 Å². The highest BCUT2D eigenvalue weighted by Gasteiger charge is 2.38. The Kier molecular flexibility index (Phi) is 6.62. The number of hydrogen-bond acceptors (Lipinski definition) is 3. The summed E-state index contributed by atoms with van der Waals surface area (Å²) >= 11 is 7.54. The average molecular weight is 458 g/mol. The highest BCUT2D eigenvalue weighted by atomic mass is 79.9. The Bertz CT molecular complexity index is 555. The minimum Gasteiger partial charge on any atom is -0.494 e. The summed E-state index contributed by atoms with van der Waals surface area (Å²) in [7, 11) is 0. The van der Waals surface area contributed by atoms with Crippen LogP contribution in [0.3, 0.4) is 0 Å². The molecule has 5 heteroatoms. The van der Waals surface area contributed by atoms with E-state index in [2.05, 4.69) is 67.9 Å². The molecule has 3 rings (SSSR count). The van der Waals surface area contributed by atoms with Gasteiger partial charge in [-0.2, -0.15) is 0 Å². The number of ether oxygens (including phenoxy) is 1. The third-order valence-electron chi connectivity index (χ3n) is 4.83. The molecule has 0 saturated heterocycles. The van der Waals surface area contributed by atoms with Gasteiger partial charge in [0.15, 0.2) is 0 Å². The first kappa shape index (κ1) is 18.2. The van der Waals surface area contributed by atoms with E-state index in [4.69, 9.17) is 9.73 Å². The molecule has 1 aliphatic carbocycles. The van der Waals surface area contributed by atoms with Crippen LogP contribution in [0.1, 0.15) is 57.4 Å². The van der Waals surface area contributed by atoms with Crippen LogP contribution in [0, 0.1) is 0 Å². The molecule has 0 N–H and O–H groups in total. The Hall–Kier alpha value is -0.550. The molecule has 1 aromatic carbocycles. The van der Waals surface area contributed by atoms with Crippen LogP contribution < -0.4 is 4.74 Å². The maximum Gasteiger partial charge on any atom is 0.137 e. The van der Waals surface area contributed by atoms with Gasteiger partial charge in [-0.15, -0.1) is 0 Å². The van der Waals surface area contributed by atoms with Crippen molar-refractivity contribution < 1.29 is 4.74 Å². The van der Waals surface area contributed by atoms with Crippen molar-refractivity contribution in [2.24, 2.45) is 4.99 Å². The summed E-state index contributed by atoms with van der Waals surface area (Å²) in [6, 6.07) is 9.00. The third kappa shape index (κ3) is 4.16. The first-order valence-corrected chi connectivity index (χ1v) is 10.9. The van der Waals surface area contributed by atoms with Crippen LogP contribution in [-0.4, -0.2) is 33.3 Å². The monoisotopic (exact) mass is 456 g/mol. The van der Waals surface area contributed by atoms with E-state index in [9.17, 15) is 0 Å². The molecule has 0 amide bonds. The normalized spacial score (nSPS) is 25.0. The molecular formula is C19H26Br2N2O. The molecule has 3 nitrogen and oxygen atoms in total. The van der Waals surface area contributed by atoms with Gasteiger partial charge in [0.1, 0.15) is 21.5 Å². The number of benzene rings is 1. The molecule has 1 aromatic rings. The van der Waals surface area contributed by atoms with Crippen molar-refractivity contribution in [1.29, 1.82) is 0 Å². The third-order valence-corrected chi connectivity index (χ3v) is 7.19. The van der Waals surface area contributed by atoms with Crippen molar-refractivity contribution in [3.63, 3.8) is 0 Å². The Morgan fingerprint density at radius 3 is 2.50 bits per heavy atom. The Morgan fingerprint density at radius 1 is 1.12 bits per heavy atom. The Morgan fingerprint density at radius 2 is 1.83 bits per heavy atom. The summed E-state index contributed by atoms with van der Waals surface area (Å²) in [5, 5.41) is 0. The van der Waals surface area contributed by atoms with Crippen molar-refractivity contribution in [2.45, 2.75) is 67.8 Å². The van der Waals surface area contributed by atoms with Crippen LogP contribution in [0.15, 0.2) is 29.3 Å². The number of amidine groups is 1. The highest BCUT2D eigenvalue weighted by Crippen LogP contribution is 2.35. The predicted molar refractivity (Wildman–Crippen MR) is 108 cm³/mol. The van der Waals surface area contributed by atoms with E-state index in [0.717, 1.165) is 31.0 Å². The van der Waals surface area contributed by atoms with Gasteiger partial charge in [0.25, 0.3) is 0 Å². The number of rotatable bonds is 6. The zero-order valence-electron chi connectivity index (χ0n) is 14.3. The second-order valence-corrected chi connectivity index (χ2v) is 8.50. The molecule has 2 aliphatic rings. The molecule has 24 heavy (non-hydrogen) atoms. The van der Waals surface area contributed by atoms with Crippen molar-refractivity contribution in [3.8, 4) is 5.75 Å². The predicted octanol–water partition coefficient (Wildman–Crippen LogP) is 5.70. The van der Waals surface area contributed by atoms with Crippen LogP contribution in [0.2, 0.25) is 0 Å². The minimum absolute atomic E-state index is 0.106. The summed E-state index contributed by atoms with van der Waals surface area (Å²) in [5.74, 6) is 2.05. The summed E-state index contributed by atoms with van der Waals surface area (Å²) in [6.07, 6.45) is 8.80. The average Bonchev–Trinajstić information content (AvgIpc) is 2.92. The van der Waals surface area contributed by atoms with E-state index in [0.29, 0.717) is 6.04 Å². The van der Waals surface area contributed by atoms with E-state index in [-0.39, 0.29) is 9.90 Å². The number of nitrogens with zero attached hydrogens (tertiary/aromatic N) is 2. The van der Waals surface area contributed by atoms with Gasteiger partial charge in [0.2, 0.25) is 0 Å². The van der Waals surface area contributed by atoms with Gasteiger partial charge in [-0.3, -0.25) is 0 Å². The number of hydrogen-bond donors (Lipinski definition) is 0. The van der Waals surface area contributed by atoms with Crippen LogP contribution in [0.5, 0.6) is 5.75 Å². The largest absolute Gasteiger partial charge is 0.494 e. The first-order chi connectivity index (χ1) is 11.7. The van der Waals surface area contributed by atoms with Gasteiger partial charge in [-0.25, -0.2) is 4.99 Å². The fourth-order valence-electron chi connectivity index (χ4n) is 3.49. The maximum absolute atomic E-state index is 5.78. The Labute approximate surface area is 162 Å². The number of halogens is 2. The lowest BCUT2D eigenvalue weighted by atomic mass is 9.94. The van der Waals surface area contributed by atoms with Crippen molar-refractivity contribution >= 4 is 37.7 Å². The molecule has 2 unspecified atom stereocenters. The van der Waals surface area contributed by atoms with Gasteiger partial charge in [0.05, 0.1) is 6.61 Å². The standard InChI is InChI=1S/C19H26Br2N2O/c1-2-3-13-24-16-11-9-14(10-12-16)19-22-17(20)18(21)23(19)15-7-5-4-6-8-15/h9-12,15,17-18H,2-8,13H2,1H3. The molecule has 0 bridgehead atoms. The summed E-state index contributed by atoms with van der Waals surface area (Å²) in [6.45, 7) is 2.97. The summed E-state index contributed by atoms with van der Waals surface area (Å²) in [5.41, 5.74) is 1.18. The van der Waals surface area contributed by atoms with E-state index >= 15 is 0 Å². The van der Waals surface area contributed by atoms with Gasteiger partial charge < -0.3 is 9.64 Å². The minimum atomic E-state index is 0.106.